The van der Waals surface area contributed by atoms with Gasteiger partial charge in [0.1, 0.15) is 5.76 Å². The Morgan fingerprint density at radius 1 is 1.50 bits per heavy atom. The summed E-state index contributed by atoms with van der Waals surface area (Å²) in [6.07, 6.45) is 2.08. The maximum Gasteiger partial charge on any atom is 0.255 e. The van der Waals surface area contributed by atoms with E-state index < -0.39 is 0 Å². The Morgan fingerprint density at radius 3 is 3.00 bits per heavy atom. The Morgan fingerprint density at radius 2 is 2.25 bits per heavy atom. The minimum atomic E-state index is 0.0289. The number of rotatable bonds is 0. The number of hydrogen-bond donors (Lipinski definition) is 0. The molecule has 1 amide bonds. The highest BCUT2D eigenvalue weighted by atomic mass is 16.5. The van der Waals surface area contributed by atoms with E-state index in [9.17, 15) is 4.79 Å². The van der Waals surface area contributed by atoms with Gasteiger partial charge in [-0.05, 0) is 20.3 Å². The molecule has 1 fully saturated rings. The number of ether oxygens (including phenoxy) is 1. The van der Waals surface area contributed by atoms with Gasteiger partial charge in [0.25, 0.3) is 5.91 Å². The maximum absolute atomic E-state index is 11.6. The third-order valence-electron chi connectivity index (χ3n) is 2.62. The van der Waals surface area contributed by atoms with Crippen LogP contribution in [0.25, 0.3) is 0 Å². The van der Waals surface area contributed by atoms with Crippen molar-refractivity contribution in [1.82, 2.24) is 4.90 Å². The number of amides is 1. The smallest absolute Gasteiger partial charge is 0.255 e. The van der Waals surface area contributed by atoms with E-state index in [0.29, 0.717) is 0 Å². The molecule has 66 valence electrons. The van der Waals surface area contributed by atoms with Crippen LogP contribution in [-0.4, -0.2) is 23.6 Å². The van der Waals surface area contributed by atoms with Crippen molar-refractivity contribution in [3.63, 3.8) is 0 Å². The van der Waals surface area contributed by atoms with Crippen molar-refractivity contribution >= 4 is 5.91 Å². The first kappa shape index (κ1) is 7.65. The zero-order valence-electron chi connectivity index (χ0n) is 7.46. The van der Waals surface area contributed by atoms with Gasteiger partial charge < -0.3 is 9.64 Å². The predicted octanol–water partition coefficient (Wildman–Crippen LogP) is 1.26. The Kier molecular flexibility index (Phi) is 1.60. The molecule has 3 heteroatoms. The van der Waals surface area contributed by atoms with Gasteiger partial charge in [-0.3, -0.25) is 4.79 Å². The van der Waals surface area contributed by atoms with Crippen molar-refractivity contribution in [2.75, 3.05) is 6.54 Å². The minimum absolute atomic E-state index is 0.0289. The van der Waals surface area contributed by atoms with Gasteiger partial charge in [-0.15, -0.1) is 0 Å². The van der Waals surface area contributed by atoms with Crippen LogP contribution in [-0.2, 0) is 9.53 Å². The second kappa shape index (κ2) is 2.51. The Balaban J connectivity index is 2.30. The molecule has 0 saturated carbocycles. The fraction of sp³-hybridized carbons (Fsp3) is 0.667. The lowest BCUT2D eigenvalue weighted by Gasteiger charge is -2.31. The van der Waals surface area contributed by atoms with Crippen LogP contribution in [0.15, 0.2) is 11.3 Å². The molecule has 0 aliphatic carbocycles. The average molecular weight is 167 g/mol. The molecule has 0 radical (unpaired) electrons. The highest BCUT2D eigenvalue weighted by Gasteiger charge is 2.35. The Hall–Kier alpha value is -0.990. The first-order chi connectivity index (χ1) is 5.70. The second-order valence-corrected chi connectivity index (χ2v) is 3.39. The molecule has 0 spiro atoms. The third-order valence-corrected chi connectivity index (χ3v) is 2.62. The summed E-state index contributed by atoms with van der Waals surface area (Å²) in [6, 6.07) is 0. The first-order valence-electron chi connectivity index (χ1n) is 4.35. The standard InChI is InChI=1S/C9H13NO2/c1-6-7(2)12-8-4-3-5-10(8)9(6)11/h8H,3-5H2,1-2H3. The van der Waals surface area contributed by atoms with E-state index in [0.717, 1.165) is 30.7 Å². The Bertz CT molecular complexity index is 257. The molecule has 0 aromatic heterocycles. The summed E-state index contributed by atoms with van der Waals surface area (Å²) in [6.45, 7) is 4.54. The maximum atomic E-state index is 11.6. The molecule has 2 aliphatic heterocycles. The van der Waals surface area contributed by atoms with Gasteiger partial charge in [0.05, 0.1) is 5.57 Å². The number of allylic oxidation sites excluding steroid dienone is 1. The topological polar surface area (TPSA) is 29.5 Å². The Labute approximate surface area is 72.0 Å². The summed E-state index contributed by atoms with van der Waals surface area (Å²) in [5.74, 6) is 0.949. The van der Waals surface area contributed by atoms with Crippen LogP contribution >= 0.6 is 0 Å². The molecule has 0 aromatic carbocycles. The highest BCUT2D eigenvalue weighted by molar-refractivity contribution is 5.94. The molecule has 2 heterocycles. The van der Waals surface area contributed by atoms with Crippen molar-refractivity contribution < 1.29 is 9.53 Å². The molecule has 1 atom stereocenters. The van der Waals surface area contributed by atoms with Crippen LogP contribution in [0.5, 0.6) is 0 Å². The van der Waals surface area contributed by atoms with Crippen molar-refractivity contribution in [3.8, 4) is 0 Å². The molecule has 2 aliphatic rings. The van der Waals surface area contributed by atoms with Crippen molar-refractivity contribution in [2.45, 2.75) is 32.9 Å². The van der Waals surface area contributed by atoms with E-state index in [4.69, 9.17) is 4.74 Å². The number of carbonyl (C=O) groups excluding carboxylic acids is 1. The number of hydrogen-bond acceptors (Lipinski definition) is 2. The second-order valence-electron chi connectivity index (χ2n) is 3.39. The number of nitrogens with zero attached hydrogens (tertiary/aromatic N) is 1. The lowest BCUT2D eigenvalue weighted by Crippen LogP contribution is -2.41. The molecule has 1 unspecified atom stereocenters. The van der Waals surface area contributed by atoms with Crippen LogP contribution in [0.3, 0.4) is 0 Å². The molecular weight excluding hydrogens is 154 g/mol. The normalized spacial score (nSPS) is 29.0. The SMILES string of the molecule is CC1=C(C)C(=O)N2CCCC2O1. The lowest BCUT2D eigenvalue weighted by molar-refractivity contribution is -0.139. The van der Waals surface area contributed by atoms with E-state index in [1.807, 2.05) is 18.7 Å². The zero-order chi connectivity index (χ0) is 8.72. The van der Waals surface area contributed by atoms with Crippen molar-refractivity contribution in [3.05, 3.63) is 11.3 Å². The third kappa shape index (κ3) is 0.924. The zero-order valence-corrected chi connectivity index (χ0v) is 7.46. The summed E-state index contributed by atoms with van der Waals surface area (Å²) in [5.41, 5.74) is 0.758. The van der Waals surface area contributed by atoms with E-state index in [-0.39, 0.29) is 12.1 Å². The van der Waals surface area contributed by atoms with E-state index in [1.54, 1.807) is 0 Å². The van der Waals surface area contributed by atoms with Crippen LogP contribution < -0.4 is 0 Å². The van der Waals surface area contributed by atoms with Crippen molar-refractivity contribution in [2.24, 2.45) is 0 Å². The minimum Gasteiger partial charge on any atom is -0.475 e. The summed E-state index contributed by atoms with van der Waals surface area (Å²) in [7, 11) is 0. The van der Waals surface area contributed by atoms with Gasteiger partial charge in [-0.25, -0.2) is 0 Å². The summed E-state index contributed by atoms with van der Waals surface area (Å²) in [4.78, 5) is 13.4. The van der Waals surface area contributed by atoms with E-state index in [1.165, 1.54) is 0 Å². The number of carbonyl (C=O) groups is 1. The number of fused-ring (bicyclic) bond motifs is 1. The molecule has 0 aromatic rings. The molecule has 0 bridgehead atoms. The molecular formula is C9H13NO2. The first-order valence-corrected chi connectivity index (χ1v) is 4.35. The summed E-state index contributed by atoms with van der Waals surface area (Å²) in [5, 5.41) is 0. The average Bonchev–Trinajstić information content (AvgIpc) is 2.48. The van der Waals surface area contributed by atoms with Gasteiger partial charge in [0, 0.05) is 13.0 Å². The highest BCUT2D eigenvalue weighted by Crippen LogP contribution is 2.28. The molecule has 0 N–H and O–H groups in total. The van der Waals surface area contributed by atoms with Gasteiger partial charge in [-0.1, -0.05) is 0 Å². The summed E-state index contributed by atoms with van der Waals surface area (Å²) >= 11 is 0. The van der Waals surface area contributed by atoms with Gasteiger partial charge in [-0.2, -0.15) is 0 Å². The van der Waals surface area contributed by atoms with Gasteiger partial charge in [0.15, 0.2) is 6.23 Å². The van der Waals surface area contributed by atoms with E-state index in [2.05, 4.69) is 0 Å². The van der Waals surface area contributed by atoms with Gasteiger partial charge in [0.2, 0.25) is 0 Å². The van der Waals surface area contributed by atoms with Crippen LogP contribution in [0.2, 0.25) is 0 Å². The largest absolute Gasteiger partial charge is 0.475 e. The quantitative estimate of drug-likeness (QED) is 0.543. The molecule has 1 saturated heterocycles. The lowest BCUT2D eigenvalue weighted by atomic mass is 10.2. The van der Waals surface area contributed by atoms with Gasteiger partial charge >= 0.3 is 0 Å². The summed E-state index contributed by atoms with van der Waals surface area (Å²) < 4.78 is 5.58. The van der Waals surface area contributed by atoms with Crippen molar-refractivity contribution in [1.29, 1.82) is 0 Å². The van der Waals surface area contributed by atoms with Crippen LogP contribution in [0.4, 0.5) is 0 Å². The fourth-order valence-electron chi connectivity index (χ4n) is 1.75. The van der Waals surface area contributed by atoms with E-state index >= 15 is 0 Å². The fourth-order valence-corrected chi connectivity index (χ4v) is 1.75. The molecule has 2 rings (SSSR count). The molecule has 12 heavy (non-hydrogen) atoms. The molecule has 3 nitrogen and oxygen atoms in total. The van der Waals surface area contributed by atoms with Crippen LogP contribution in [0.1, 0.15) is 26.7 Å². The monoisotopic (exact) mass is 167 g/mol. The predicted molar refractivity (Wildman–Crippen MR) is 44.2 cm³/mol. The van der Waals surface area contributed by atoms with Crippen LogP contribution in [0, 0.1) is 0 Å².